The molecule has 108 valence electrons. The van der Waals surface area contributed by atoms with Crippen molar-refractivity contribution in [3.05, 3.63) is 24.3 Å². The lowest BCUT2D eigenvalue weighted by Crippen LogP contribution is -2.20. The fourth-order valence-corrected chi connectivity index (χ4v) is 1.88. The van der Waals surface area contributed by atoms with Crippen LogP contribution in [0.3, 0.4) is 0 Å². The van der Waals surface area contributed by atoms with E-state index in [2.05, 4.69) is 15.3 Å². The minimum Gasteiger partial charge on any atom is -0.472 e. The third-order valence-electron chi connectivity index (χ3n) is 2.77. The number of hydrogen-bond acceptors (Lipinski definition) is 5. The van der Waals surface area contributed by atoms with Crippen molar-refractivity contribution in [3.63, 3.8) is 0 Å². The van der Waals surface area contributed by atoms with Gasteiger partial charge in [0, 0.05) is 13.2 Å². The zero-order valence-electron chi connectivity index (χ0n) is 12.2. The Kier molecular flexibility index (Phi) is 5.12. The molecule has 0 aliphatic carbocycles. The number of ether oxygens (including phenoxy) is 2. The molecule has 0 saturated heterocycles. The van der Waals surface area contributed by atoms with E-state index in [1.807, 2.05) is 45.0 Å². The smallest absolute Gasteiger partial charge is 0.226 e. The summed E-state index contributed by atoms with van der Waals surface area (Å²) in [4.78, 5) is 8.90. The molecule has 1 aromatic carbocycles. The average Bonchev–Trinajstić information content (AvgIpc) is 2.45. The lowest BCUT2D eigenvalue weighted by Gasteiger charge is -2.16. The van der Waals surface area contributed by atoms with E-state index in [0.29, 0.717) is 25.0 Å². The highest BCUT2D eigenvalue weighted by atomic mass is 16.5. The van der Waals surface area contributed by atoms with Crippen LogP contribution in [0.2, 0.25) is 0 Å². The molecule has 1 aromatic heterocycles. The minimum atomic E-state index is -0.0530. The summed E-state index contributed by atoms with van der Waals surface area (Å²) in [5.41, 5.74) is 0.872. The molecule has 5 heteroatoms. The van der Waals surface area contributed by atoms with Gasteiger partial charge in [-0.05, 0) is 32.9 Å². The van der Waals surface area contributed by atoms with E-state index in [9.17, 15) is 0 Å². The molecule has 0 aliphatic heterocycles. The normalized spacial score (nSPS) is 12.3. The van der Waals surface area contributed by atoms with Gasteiger partial charge in [0.2, 0.25) is 11.8 Å². The first-order valence-corrected chi connectivity index (χ1v) is 6.99. The van der Waals surface area contributed by atoms with E-state index in [0.717, 1.165) is 17.4 Å². The Morgan fingerprint density at radius 3 is 2.75 bits per heavy atom. The number of fused-ring (bicyclic) bond motifs is 1. The molecular formula is C15H21N3O2. The highest BCUT2D eigenvalue weighted by molar-refractivity contribution is 5.84. The Hall–Kier alpha value is -1.88. The van der Waals surface area contributed by atoms with Crippen LogP contribution < -0.4 is 10.1 Å². The minimum absolute atomic E-state index is 0.0530. The van der Waals surface area contributed by atoms with Crippen LogP contribution in [0.4, 0.5) is 5.95 Å². The van der Waals surface area contributed by atoms with E-state index in [-0.39, 0.29) is 6.10 Å². The molecular weight excluding hydrogens is 254 g/mol. The standard InChI is InChI=1S/C15H21N3O2/c1-4-16-15-17-13-9-7-6-8-12(13)14(18-15)20-11(3)10-19-5-2/h6-9,11H,4-5,10H2,1-3H3,(H,16,17,18). The van der Waals surface area contributed by atoms with Crippen LogP contribution in [-0.4, -0.2) is 35.8 Å². The monoisotopic (exact) mass is 275 g/mol. The van der Waals surface area contributed by atoms with Crippen LogP contribution in [0.5, 0.6) is 5.88 Å². The summed E-state index contributed by atoms with van der Waals surface area (Å²) in [5, 5.41) is 4.04. The van der Waals surface area contributed by atoms with Gasteiger partial charge in [0.05, 0.1) is 17.5 Å². The summed E-state index contributed by atoms with van der Waals surface area (Å²) in [6, 6.07) is 7.84. The van der Waals surface area contributed by atoms with Gasteiger partial charge in [0.25, 0.3) is 0 Å². The molecule has 20 heavy (non-hydrogen) atoms. The maximum absolute atomic E-state index is 5.90. The lowest BCUT2D eigenvalue weighted by molar-refractivity contribution is 0.0642. The van der Waals surface area contributed by atoms with Gasteiger partial charge in [0.1, 0.15) is 6.10 Å². The molecule has 0 fully saturated rings. The second-order valence-corrected chi connectivity index (χ2v) is 4.49. The van der Waals surface area contributed by atoms with Crippen molar-refractivity contribution >= 4 is 16.9 Å². The predicted octanol–water partition coefficient (Wildman–Crippen LogP) is 2.87. The van der Waals surface area contributed by atoms with E-state index in [4.69, 9.17) is 9.47 Å². The first kappa shape index (κ1) is 14.5. The molecule has 2 rings (SSSR count). The Labute approximate surface area is 119 Å². The second-order valence-electron chi connectivity index (χ2n) is 4.49. The Balaban J connectivity index is 2.29. The maximum Gasteiger partial charge on any atom is 0.226 e. The number of nitrogens with zero attached hydrogens (tertiary/aromatic N) is 2. The van der Waals surface area contributed by atoms with Crippen molar-refractivity contribution in [2.45, 2.75) is 26.9 Å². The number of aromatic nitrogens is 2. The summed E-state index contributed by atoms with van der Waals surface area (Å²) in [5.74, 6) is 1.18. The first-order valence-electron chi connectivity index (χ1n) is 6.99. The van der Waals surface area contributed by atoms with Gasteiger partial charge in [-0.15, -0.1) is 0 Å². The first-order chi connectivity index (χ1) is 9.74. The third-order valence-corrected chi connectivity index (χ3v) is 2.77. The summed E-state index contributed by atoms with van der Waals surface area (Å²) in [6.07, 6.45) is -0.0530. The van der Waals surface area contributed by atoms with Crippen LogP contribution in [0, 0.1) is 0 Å². The Morgan fingerprint density at radius 1 is 1.20 bits per heavy atom. The molecule has 0 radical (unpaired) electrons. The van der Waals surface area contributed by atoms with Crippen LogP contribution in [0.1, 0.15) is 20.8 Å². The summed E-state index contributed by atoms with van der Waals surface area (Å²) in [6.45, 7) is 7.95. The fraction of sp³-hybridized carbons (Fsp3) is 0.467. The largest absolute Gasteiger partial charge is 0.472 e. The van der Waals surface area contributed by atoms with Gasteiger partial charge < -0.3 is 14.8 Å². The van der Waals surface area contributed by atoms with Gasteiger partial charge >= 0.3 is 0 Å². The van der Waals surface area contributed by atoms with Gasteiger partial charge in [-0.1, -0.05) is 12.1 Å². The van der Waals surface area contributed by atoms with Gasteiger partial charge in [-0.3, -0.25) is 0 Å². The van der Waals surface area contributed by atoms with Crippen molar-refractivity contribution in [1.82, 2.24) is 9.97 Å². The zero-order valence-corrected chi connectivity index (χ0v) is 12.2. The average molecular weight is 275 g/mol. The van der Waals surface area contributed by atoms with Crippen LogP contribution in [-0.2, 0) is 4.74 Å². The van der Waals surface area contributed by atoms with Crippen LogP contribution >= 0.6 is 0 Å². The van der Waals surface area contributed by atoms with E-state index >= 15 is 0 Å². The molecule has 0 bridgehead atoms. The number of hydrogen-bond donors (Lipinski definition) is 1. The van der Waals surface area contributed by atoms with E-state index in [1.54, 1.807) is 0 Å². The number of benzene rings is 1. The third kappa shape index (κ3) is 3.57. The maximum atomic E-state index is 5.90. The number of rotatable bonds is 7. The Bertz CT molecular complexity index is 560. The Morgan fingerprint density at radius 2 is 2.00 bits per heavy atom. The summed E-state index contributed by atoms with van der Waals surface area (Å²) >= 11 is 0. The van der Waals surface area contributed by atoms with Crippen molar-refractivity contribution in [2.24, 2.45) is 0 Å². The lowest BCUT2D eigenvalue weighted by atomic mass is 10.2. The molecule has 1 atom stereocenters. The van der Waals surface area contributed by atoms with Gasteiger partial charge in [-0.2, -0.15) is 4.98 Å². The molecule has 0 amide bonds. The molecule has 0 aliphatic rings. The van der Waals surface area contributed by atoms with Crippen molar-refractivity contribution < 1.29 is 9.47 Å². The highest BCUT2D eigenvalue weighted by Gasteiger charge is 2.11. The molecule has 2 aromatic rings. The molecule has 5 nitrogen and oxygen atoms in total. The predicted molar refractivity (Wildman–Crippen MR) is 80.3 cm³/mol. The van der Waals surface area contributed by atoms with E-state index < -0.39 is 0 Å². The van der Waals surface area contributed by atoms with Crippen molar-refractivity contribution in [2.75, 3.05) is 25.1 Å². The molecule has 1 unspecified atom stereocenters. The zero-order chi connectivity index (χ0) is 14.4. The second kappa shape index (κ2) is 7.05. The van der Waals surface area contributed by atoms with E-state index in [1.165, 1.54) is 0 Å². The number of nitrogens with one attached hydrogen (secondary N) is 1. The SMILES string of the molecule is CCNc1nc(OC(C)COCC)c2ccccc2n1. The fourth-order valence-electron chi connectivity index (χ4n) is 1.88. The number of anilines is 1. The van der Waals surface area contributed by atoms with Gasteiger partial charge in [0.15, 0.2) is 0 Å². The van der Waals surface area contributed by atoms with Crippen LogP contribution in [0.15, 0.2) is 24.3 Å². The molecule has 1 N–H and O–H groups in total. The molecule has 1 heterocycles. The van der Waals surface area contributed by atoms with Crippen molar-refractivity contribution in [1.29, 1.82) is 0 Å². The molecule has 0 spiro atoms. The summed E-state index contributed by atoms with van der Waals surface area (Å²) in [7, 11) is 0. The quantitative estimate of drug-likeness (QED) is 0.842. The number of para-hydroxylation sites is 1. The van der Waals surface area contributed by atoms with Gasteiger partial charge in [-0.25, -0.2) is 4.98 Å². The summed E-state index contributed by atoms with van der Waals surface area (Å²) < 4.78 is 11.3. The topological polar surface area (TPSA) is 56.3 Å². The highest BCUT2D eigenvalue weighted by Crippen LogP contribution is 2.24. The van der Waals surface area contributed by atoms with Crippen LogP contribution in [0.25, 0.3) is 10.9 Å². The van der Waals surface area contributed by atoms with Crippen molar-refractivity contribution in [3.8, 4) is 5.88 Å². The molecule has 0 saturated carbocycles.